The molecule has 0 aliphatic carbocycles. The number of nitrogens with one attached hydrogen (secondary N) is 1. The van der Waals surface area contributed by atoms with E-state index in [1.54, 1.807) is 47.0 Å². The molecule has 0 aliphatic heterocycles. The molecular weight excluding hydrogens is 501 g/mol. The van der Waals surface area contributed by atoms with E-state index in [-0.39, 0.29) is 18.0 Å². The number of thioether (sulfide) groups is 1. The average molecular weight is 524 g/mol. The van der Waals surface area contributed by atoms with Crippen molar-refractivity contribution in [2.24, 2.45) is 0 Å². The molecule has 0 unspecified atom stereocenters. The molecule has 190 valence electrons. The summed E-state index contributed by atoms with van der Waals surface area (Å²) in [6.45, 7) is 0.0229. The molecule has 3 aromatic carbocycles. The standard InChI is InChI=1S/C25H22FN5O5S/c1-35-20-11-12-21(22(13-20)36-2)24(32)27-14-23-28-29-25(37-15-16-3-5-17(26)6-4-16)30(23)18-7-9-19(10-8-18)31(33)34/h3-13H,14-15H2,1-2H3,(H,27,32). The molecule has 12 heteroatoms. The van der Waals surface area contributed by atoms with Gasteiger partial charge in [-0.15, -0.1) is 10.2 Å². The molecule has 4 rings (SSSR count). The molecule has 0 saturated carbocycles. The monoisotopic (exact) mass is 523 g/mol. The van der Waals surface area contributed by atoms with Gasteiger partial charge in [0.05, 0.1) is 31.3 Å². The summed E-state index contributed by atoms with van der Waals surface area (Å²) in [6, 6.07) is 16.9. The number of rotatable bonds is 10. The molecule has 0 aliphatic rings. The molecule has 0 atom stereocenters. The number of nitro benzene ring substituents is 1. The van der Waals surface area contributed by atoms with Gasteiger partial charge in [-0.2, -0.15) is 0 Å². The normalized spacial score (nSPS) is 10.7. The number of halogens is 1. The number of ether oxygens (including phenoxy) is 2. The van der Waals surface area contributed by atoms with Crippen LogP contribution in [0.3, 0.4) is 0 Å². The van der Waals surface area contributed by atoms with Gasteiger partial charge in [-0.25, -0.2) is 4.39 Å². The van der Waals surface area contributed by atoms with E-state index in [9.17, 15) is 19.3 Å². The Morgan fingerprint density at radius 3 is 2.43 bits per heavy atom. The van der Waals surface area contributed by atoms with Crippen molar-refractivity contribution in [3.63, 3.8) is 0 Å². The quantitative estimate of drug-likeness (QED) is 0.183. The molecule has 0 bridgehead atoms. The van der Waals surface area contributed by atoms with Crippen LogP contribution in [0.25, 0.3) is 5.69 Å². The summed E-state index contributed by atoms with van der Waals surface area (Å²) in [5, 5.41) is 22.9. The largest absolute Gasteiger partial charge is 0.497 e. The molecule has 1 amide bonds. The van der Waals surface area contributed by atoms with Crippen molar-refractivity contribution in [2.75, 3.05) is 14.2 Å². The lowest BCUT2D eigenvalue weighted by Crippen LogP contribution is -2.25. The van der Waals surface area contributed by atoms with Crippen LogP contribution in [0.15, 0.2) is 71.9 Å². The predicted molar refractivity (Wildman–Crippen MR) is 135 cm³/mol. The van der Waals surface area contributed by atoms with Gasteiger partial charge in [0.1, 0.15) is 17.3 Å². The summed E-state index contributed by atoms with van der Waals surface area (Å²) < 4.78 is 25.5. The second-order valence-corrected chi connectivity index (χ2v) is 8.61. The van der Waals surface area contributed by atoms with Gasteiger partial charge in [0.25, 0.3) is 11.6 Å². The van der Waals surface area contributed by atoms with Gasteiger partial charge in [-0.3, -0.25) is 19.5 Å². The smallest absolute Gasteiger partial charge is 0.269 e. The number of hydrogen-bond acceptors (Lipinski definition) is 8. The Bertz CT molecular complexity index is 1410. The van der Waals surface area contributed by atoms with Crippen molar-refractivity contribution in [3.8, 4) is 17.2 Å². The van der Waals surface area contributed by atoms with Crippen LogP contribution in [0.5, 0.6) is 11.5 Å². The molecule has 37 heavy (non-hydrogen) atoms. The van der Waals surface area contributed by atoms with Gasteiger partial charge < -0.3 is 14.8 Å². The molecule has 0 spiro atoms. The molecule has 0 fully saturated rings. The topological polar surface area (TPSA) is 121 Å². The summed E-state index contributed by atoms with van der Waals surface area (Å²) >= 11 is 1.36. The molecule has 1 N–H and O–H groups in total. The third-order valence-electron chi connectivity index (χ3n) is 5.36. The maximum atomic E-state index is 13.3. The maximum Gasteiger partial charge on any atom is 0.269 e. The van der Waals surface area contributed by atoms with E-state index >= 15 is 0 Å². The lowest BCUT2D eigenvalue weighted by atomic mass is 10.1. The Morgan fingerprint density at radius 1 is 1.05 bits per heavy atom. The number of benzene rings is 3. The second kappa shape index (κ2) is 11.5. The fourth-order valence-corrected chi connectivity index (χ4v) is 4.39. The number of amides is 1. The van der Waals surface area contributed by atoms with E-state index in [1.807, 2.05) is 0 Å². The molecule has 1 aromatic heterocycles. The van der Waals surface area contributed by atoms with E-state index in [2.05, 4.69) is 15.5 Å². The highest BCUT2D eigenvalue weighted by Gasteiger charge is 2.19. The van der Waals surface area contributed by atoms with Crippen molar-refractivity contribution < 1.29 is 23.6 Å². The Morgan fingerprint density at radius 2 is 1.78 bits per heavy atom. The molecule has 1 heterocycles. The highest BCUT2D eigenvalue weighted by molar-refractivity contribution is 7.98. The van der Waals surface area contributed by atoms with Crippen LogP contribution >= 0.6 is 11.8 Å². The lowest BCUT2D eigenvalue weighted by Gasteiger charge is -2.12. The third-order valence-corrected chi connectivity index (χ3v) is 6.36. The van der Waals surface area contributed by atoms with Gasteiger partial charge >= 0.3 is 0 Å². The number of nitrogens with zero attached hydrogens (tertiary/aromatic N) is 4. The van der Waals surface area contributed by atoms with E-state index in [1.165, 1.54) is 50.2 Å². The average Bonchev–Trinajstić information content (AvgIpc) is 3.33. The zero-order valence-electron chi connectivity index (χ0n) is 19.9. The minimum atomic E-state index is -0.483. The summed E-state index contributed by atoms with van der Waals surface area (Å²) in [7, 11) is 2.98. The van der Waals surface area contributed by atoms with Crippen molar-refractivity contribution in [2.45, 2.75) is 17.5 Å². The number of non-ortho nitro benzene ring substituents is 1. The van der Waals surface area contributed by atoms with Crippen molar-refractivity contribution >= 4 is 23.4 Å². The van der Waals surface area contributed by atoms with E-state index in [0.29, 0.717) is 39.5 Å². The van der Waals surface area contributed by atoms with Gasteiger partial charge in [-0.1, -0.05) is 23.9 Å². The zero-order valence-corrected chi connectivity index (χ0v) is 20.7. The fraction of sp³-hybridized carbons (Fsp3) is 0.160. The Balaban J connectivity index is 1.59. The molecule has 4 aromatic rings. The van der Waals surface area contributed by atoms with Gasteiger partial charge in [0.15, 0.2) is 11.0 Å². The van der Waals surface area contributed by atoms with E-state index < -0.39 is 10.8 Å². The summed E-state index contributed by atoms with van der Waals surface area (Å²) in [4.78, 5) is 23.5. The Labute approximate surface area is 215 Å². The first-order valence-electron chi connectivity index (χ1n) is 11.0. The summed E-state index contributed by atoms with van der Waals surface area (Å²) in [5.41, 5.74) is 1.73. The summed E-state index contributed by atoms with van der Waals surface area (Å²) in [5.74, 6) is 1.09. The highest BCUT2D eigenvalue weighted by Crippen LogP contribution is 2.27. The first-order valence-corrected chi connectivity index (χ1v) is 11.9. The summed E-state index contributed by atoms with van der Waals surface area (Å²) in [6.07, 6.45) is 0. The lowest BCUT2D eigenvalue weighted by molar-refractivity contribution is -0.384. The van der Waals surface area contributed by atoms with Gasteiger partial charge in [0, 0.05) is 29.6 Å². The van der Waals surface area contributed by atoms with E-state index in [0.717, 1.165) is 5.56 Å². The molecular formula is C25H22FN5O5S. The zero-order chi connectivity index (χ0) is 26.4. The van der Waals surface area contributed by atoms with Crippen LogP contribution in [0, 0.1) is 15.9 Å². The first kappa shape index (κ1) is 25.6. The van der Waals surface area contributed by atoms with Crippen LogP contribution in [0.1, 0.15) is 21.7 Å². The number of aromatic nitrogens is 3. The van der Waals surface area contributed by atoms with Crippen LogP contribution in [0.2, 0.25) is 0 Å². The number of carbonyl (C=O) groups is 1. The number of hydrogen-bond donors (Lipinski definition) is 1. The van der Waals surface area contributed by atoms with Crippen LogP contribution in [0.4, 0.5) is 10.1 Å². The molecule has 0 saturated heterocycles. The predicted octanol–water partition coefficient (Wildman–Crippen LogP) is 4.55. The van der Waals surface area contributed by atoms with Crippen LogP contribution < -0.4 is 14.8 Å². The van der Waals surface area contributed by atoms with Crippen LogP contribution in [-0.2, 0) is 12.3 Å². The Kier molecular flexibility index (Phi) is 7.98. The molecule has 0 radical (unpaired) electrons. The number of methoxy groups -OCH3 is 2. The number of carbonyl (C=O) groups excluding carboxylic acids is 1. The second-order valence-electron chi connectivity index (χ2n) is 7.67. The maximum absolute atomic E-state index is 13.3. The van der Waals surface area contributed by atoms with Crippen molar-refractivity contribution in [3.05, 3.63) is 99.6 Å². The van der Waals surface area contributed by atoms with E-state index in [4.69, 9.17) is 9.47 Å². The fourth-order valence-electron chi connectivity index (χ4n) is 3.46. The first-order chi connectivity index (χ1) is 17.9. The van der Waals surface area contributed by atoms with Crippen LogP contribution in [-0.4, -0.2) is 39.8 Å². The van der Waals surface area contributed by atoms with Gasteiger partial charge in [0.2, 0.25) is 0 Å². The minimum absolute atomic E-state index is 0.0229. The minimum Gasteiger partial charge on any atom is -0.497 e. The molecule has 10 nitrogen and oxygen atoms in total. The van der Waals surface area contributed by atoms with Crippen molar-refractivity contribution in [1.29, 1.82) is 0 Å². The van der Waals surface area contributed by atoms with Crippen molar-refractivity contribution in [1.82, 2.24) is 20.1 Å². The number of nitro groups is 1. The third kappa shape index (κ3) is 6.04. The Hall–Kier alpha value is -4.45. The SMILES string of the molecule is COc1ccc(C(=O)NCc2nnc(SCc3ccc(F)cc3)n2-c2ccc([N+](=O)[O-])cc2)c(OC)c1. The van der Waals surface area contributed by atoms with Gasteiger partial charge in [-0.05, 0) is 42.0 Å². The highest BCUT2D eigenvalue weighted by atomic mass is 32.2.